The van der Waals surface area contributed by atoms with Gasteiger partial charge in [-0.1, -0.05) is 30.3 Å². The fraction of sp³-hybridized carbons (Fsp3) is 0.167. The van der Waals surface area contributed by atoms with Crippen molar-refractivity contribution in [2.45, 2.75) is 13.5 Å². The van der Waals surface area contributed by atoms with Gasteiger partial charge < -0.3 is 19.6 Å². The van der Waals surface area contributed by atoms with Crippen molar-refractivity contribution in [2.75, 3.05) is 7.11 Å². The Labute approximate surface area is 133 Å². The van der Waals surface area contributed by atoms with E-state index in [2.05, 4.69) is 4.98 Å². The second-order valence-electron chi connectivity index (χ2n) is 5.25. The maximum atomic E-state index is 11.2. The first-order chi connectivity index (χ1) is 11.1. The number of ether oxygens (including phenoxy) is 2. The van der Waals surface area contributed by atoms with Gasteiger partial charge in [-0.3, -0.25) is 0 Å². The molecule has 0 saturated carbocycles. The van der Waals surface area contributed by atoms with Gasteiger partial charge in [-0.2, -0.15) is 0 Å². The molecule has 3 aromatic rings. The minimum atomic E-state index is -0.982. The van der Waals surface area contributed by atoms with Crippen LogP contribution >= 0.6 is 0 Å². The van der Waals surface area contributed by atoms with Crippen molar-refractivity contribution in [1.82, 2.24) is 4.98 Å². The highest BCUT2D eigenvalue weighted by molar-refractivity contribution is 5.98. The van der Waals surface area contributed by atoms with Crippen LogP contribution in [-0.4, -0.2) is 23.2 Å². The van der Waals surface area contributed by atoms with Crippen LogP contribution in [0.2, 0.25) is 0 Å². The number of hydrogen-bond donors (Lipinski definition) is 2. The van der Waals surface area contributed by atoms with Crippen molar-refractivity contribution < 1.29 is 19.4 Å². The molecule has 0 atom stereocenters. The molecule has 0 spiro atoms. The molecule has 0 aliphatic rings. The molecule has 1 aromatic heterocycles. The van der Waals surface area contributed by atoms with Crippen LogP contribution in [0.25, 0.3) is 10.9 Å². The van der Waals surface area contributed by atoms with Gasteiger partial charge >= 0.3 is 5.97 Å². The summed E-state index contributed by atoms with van der Waals surface area (Å²) in [5.74, 6) is 0.166. The summed E-state index contributed by atoms with van der Waals surface area (Å²) in [6.07, 6.45) is 0. The number of aryl methyl sites for hydroxylation is 1. The molecule has 3 rings (SSSR count). The summed E-state index contributed by atoms with van der Waals surface area (Å²) in [4.78, 5) is 14.2. The van der Waals surface area contributed by atoms with E-state index in [1.54, 1.807) is 26.2 Å². The van der Waals surface area contributed by atoms with E-state index in [1.807, 2.05) is 30.3 Å². The zero-order valence-corrected chi connectivity index (χ0v) is 12.9. The number of methoxy groups -OCH3 is 1. The molecule has 0 amide bonds. The molecule has 0 fully saturated rings. The first-order valence-corrected chi connectivity index (χ1v) is 7.20. The number of rotatable bonds is 5. The van der Waals surface area contributed by atoms with E-state index in [1.165, 1.54) is 0 Å². The fourth-order valence-corrected chi connectivity index (χ4v) is 2.56. The van der Waals surface area contributed by atoms with Crippen LogP contribution in [0.5, 0.6) is 11.5 Å². The molecule has 118 valence electrons. The molecule has 0 radical (unpaired) electrons. The van der Waals surface area contributed by atoms with Gasteiger partial charge in [-0.05, 0) is 24.1 Å². The number of fused-ring (bicyclic) bond motifs is 1. The highest BCUT2D eigenvalue weighted by Crippen LogP contribution is 2.35. The smallest absolute Gasteiger partial charge is 0.352 e. The summed E-state index contributed by atoms with van der Waals surface area (Å²) in [5, 5.41) is 10.0. The number of aromatic nitrogens is 1. The van der Waals surface area contributed by atoms with Gasteiger partial charge in [-0.25, -0.2) is 4.79 Å². The minimum absolute atomic E-state index is 0.183. The number of aromatic carboxylic acids is 1. The Morgan fingerprint density at radius 2 is 1.91 bits per heavy atom. The largest absolute Gasteiger partial charge is 0.493 e. The zero-order valence-electron chi connectivity index (χ0n) is 12.9. The number of aromatic amines is 1. The van der Waals surface area contributed by atoms with Crippen molar-refractivity contribution in [3.05, 3.63) is 59.3 Å². The third-order valence-corrected chi connectivity index (χ3v) is 3.79. The molecule has 2 N–H and O–H groups in total. The maximum Gasteiger partial charge on any atom is 0.352 e. The molecule has 0 unspecified atom stereocenters. The molecule has 5 heteroatoms. The van der Waals surface area contributed by atoms with Gasteiger partial charge in [0.25, 0.3) is 0 Å². The summed E-state index contributed by atoms with van der Waals surface area (Å²) in [6.45, 7) is 2.18. The predicted molar refractivity (Wildman–Crippen MR) is 87.3 cm³/mol. The van der Waals surface area contributed by atoms with Gasteiger partial charge in [0.05, 0.1) is 12.6 Å². The number of H-pyrrole nitrogens is 1. The zero-order chi connectivity index (χ0) is 16.4. The third-order valence-electron chi connectivity index (χ3n) is 3.79. The van der Waals surface area contributed by atoms with Crippen molar-refractivity contribution >= 4 is 16.9 Å². The fourth-order valence-electron chi connectivity index (χ4n) is 2.56. The highest BCUT2D eigenvalue weighted by atomic mass is 16.5. The Hall–Kier alpha value is -2.95. The normalized spacial score (nSPS) is 10.7. The number of carboxylic acid groups (broad SMARTS) is 1. The lowest BCUT2D eigenvalue weighted by atomic mass is 10.1. The van der Waals surface area contributed by atoms with Crippen LogP contribution in [0, 0.1) is 6.92 Å². The Balaban J connectivity index is 1.97. The van der Waals surface area contributed by atoms with Crippen molar-refractivity contribution in [3.63, 3.8) is 0 Å². The standard InChI is InChI=1S/C18H17NO4/c1-11-13-8-15(22-2)16(9-14(13)19-17(11)18(20)21)23-10-12-6-4-3-5-7-12/h3-9,19H,10H2,1-2H3,(H,20,21). The topological polar surface area (TPSA) is 71.5 Å². The van der Waals surface area contributed by atoms with Crippen molar-refractivity contribution in [1.29, 1.82) is 0 Å². The van der Waals surface area contributed by atoms with E-state index in [0.29, 0.717) is 29.2 Å². The van der Waals surface area contributed by atoms with Crippen molar-refractivity contribution in [3.8, 4) is 11.5 Å². The lowest BCUT2D eigenvalue weighted by Gasteiger charge is -2.11. The molecule has 0 saturated heterocycles. The molecule has 5 nitrogen and oxygen atoms in total. The minimum Gasteiger partial charge on any atom is -0.493 e. The van der Waals surface area contributed by atoms with Gasteiger partial charge in [0.1, 0.15) is 12.3 Å². The molecule has 2 aromatic carbocycles. The maximum absolute atomic E-state index is 11.2. The average Bonchev–Trinajstić information content (AvgIpc) is 2.89. The third kappa shape index (κ3) is 2.85. The SMILES string of the molecule is COc1cc2c(C)c(C(=O)O)[nH]c2cc1OCc1ccccc1. The summed E-state index contributed by atoms with van der Waals surface area (Å²) in [5.41, 5.74) is 2.62. The molecule has 0 aliphatic carbocycles. The Bertz CT molecular complexity index is 852. The second-order valence-corrected chi connectivity index (χ2v) is 5.25. The molecular weight excluding hydrogens is 294 g/mol. The number of hydrogen-bond acceptors (Lipinski definition) is 3. The number of benzene rings is 2. The molecular formula is C18H17NO4. The van der Waals surface area contributed by atoms with Crippen LogP contribution in [0.15, 0.2) is 42.5 Å². The number of carbonyl (C=O) groups is 1. The van der Waals surface area contributed by atoms with Crippen LogP contribution in [0.3, 0.4) is 0 Å². The van der Waals surface area contributed by atoms with Gasteiger partial charge in [-0.15, -0.1) is 0 Å². The Morgan fingerprint density at radius 3 is 2.57 bits per heavy atom. The summed E-state index contributed by atoms with van der Waals surface area (Å²) < 4.78 is 11.2. The molecule has 0 aliphatic heterocycles. The van der Waals surface area contributed by atoms with E-state index in [-0.39, 0.29) is 5.69 Å². The molecule has 1 heterocycles. The van der Waals surface area contributed by atoms with Crippen LogP contribution in [0.1, 0.15) is 21.6 Å². The quantitative estimate of drug-likeness (QED) is 0.752. The lowest BCUT2D eigenvalue weighted by molar-refractivity contribution is 0.0690. The summed E-state index contributed by atoms with van der Waals surface area (Å²) in [7, 11) is 1.57. The van der Waals surface area contributed by atoms with Crippen molar-refractivity contribution in [2.24, 2.45) is 0 Å². The highest BCUT2D eigenvalue weighted by Gasteiger charge is 2.16. The molecule has 0 bridgehead atoms. The van der Waals surface area contributed by atoms with Crippen LogP contribution in [0.4, 0.5) is 0 Å². The summed E-state index contributed by atoms with van der Waals surface area (Å²) in [6, 6.07) is 13.4. The predicted octanol–water partition coefficient (Wildman–Crippen LogP) is 3.76. The van der Waals surface area contributed by atoms with E-state index in [4.69, 9.17) is 9.47 Å². The first kappa shape index (κ1) is 15.0. The van der Waals surface area contributed by atoms with E-state index in [0.717, 1.165) is 10.9 Å². The van der Waals surface area contributed by atoms with Crippen LogP contribution in [-0.2, 0) is 6.61 Å². The molecule has 23 heavy (non-hydrogen) atoms. The Morgan fingerprint density at radius 1 is 1.17 bits per heavy atom. The van der Waals surface area contributed by atoms with Gasteiger partial charge in [0, 0.05) is 11.5 Å². The summed E-state index contributed by atoms with van der Waals surface area (Å²) >= 11 is 0. The first-order valence-electron chi connectivity index (χ1n) is 7.20. The van der Waals surface area contributed by atoms with E-state index >= 15 is 0 Å². The van der Waals surface area contributed by atoms with Gasteiger partial charge in [0.15, 0.2) is 11.5 Å². The number of nitrogens with one attached hydrogen (secondary N) is 1. The van der Waals surface area contributed by atoms with E-state index in [9.17, 15) is 9.90 Å². The second kappa shape index (κ2) is 6.04. The monoisotopic (exact) mass is 311 g/mol. The number of carboxylic acids is 1. The van der Waals surface area contributed by atoms with E-state index < -0.39 is 5.97 Å². The average molecular weight is 311 g/mol. The van der Waals surface area contributed by atoms with Gasteiger partial charge in [0.2, 0.25) is 0 Å². The lowest BCUT2D eigenvalue weighted by Crippen LogP contribution is -1.98. The Kier molecular flexibility index (Phi) is 3.93. The van der Waals surface area contributed by atoms with Crippen LogP contribution < -0.4 is 9.47 Å².